The van der Waals surface area contributed by atoms with E-state index >= 15 is 0 Å². The second-order valence-corrected chi connectivity index (χ2v) is 3.49. The van der Waals surface area contributed by atoms with E-state index in [9.17, 15) is 0 Å². The molecule has 0 amide bonds. The van der Waals surface area contributed by atoms with Crippen molar-refractivity contribution >= 4 is 0 Å². The smallest absolute Gasteiger partial charge is 0.0102 e. The van der Waals surface area contributed by atoms with Crippen LogP contribution in [0.5, 0.6) is 0 Å². The first kappa shape index (κ1) is 9.15. The van der Waals surface area contributed by atoms with E-state index in [0.29, 0.717) is 0 Å². The molecule has 3 unspecified atom stereocenters. The van der Waals surface area contributed by atoms with Gasteiger partial charge in [-0.05, 0) is 25.2 Å². The molecule has 0 aromatic carbocycles. The second-order valence-electron chi connectivity index (χ2n) is 3.49. The standard InChI is InChI=1S/C8H15N.Y/c1-2-3-7-4-6-5-8(6)9-7;/h6-9H,2-5H2,1H3;. The molecule has 1 saturated carbocycles. The summed E-state index contributed by atoms with van der Waals surface area (Å²) in [6, 6.07) is 1.83. The summed E-state index contributed by atoms with van der Waals surface area (Å²) in [6.45, 7) is 2.27. The molecule has 1 aliphatic carbocycles. The van der Waals surface area contributed by atoms with Crippen molar-refractivity contribution in [1.82, 2.24) is 5.32 Å². The van der Waals surface area contributed by atoms with Gasteiger partial charge in [0, 0.05) is 44.8 Å². The van der Waals surface area contributed by atoms with Gasteiger partial charge in [0.25, 0.3) is 0 Å². The van der Waals surface area contributed by atoms with E-state index in [1.807, 2.05) is 0 Å². The molecule has 3 atom stereocenters. The molecule has 1 heterocycles. The minimum Gasteiger partial charge on any atom is -0.311 e. The predicted molar refractivity (Wildman–Crippen MR) is 38.3 cm³/mol. The van der Waals surface area contributed by atoms with E-state index in [2.05, 4.69) is 12.2 Å². The molecule has 1 N–H and O–H groups in total. The van der Waals surface area contributed by atoms with E-state index < -0.39 is 0 Å². The zero-order valence-electron chi connectivity index (χ0n) is 6.64. The van der Waals surface area contributed by atoms with Crippen LogP contribution in [0.15, 0.2) is 0 Å². The van der Waals surface area contributed by atoms with Crippen LogP contribution < -0.4 is 5.32 Å². The Bertz CT molecular complexity index is 106. The van der Waals surface area contributed by atoms with Gasteiger partial charge in [0.15, 0.2) is 0 Å². The van der Waals surface area contributed by atoms with Crippen molar-refractivity contribution in [2.24, 2.45) is 5.92 Å². The first-order valence-corrected chi connectivity index (χ1v) is 4.16. The Morgan fingerprint density at radius 3 is 2.70 bits per heavy atom. The Balaban J connectivity index is 0.000000500. The number of nitrogens with one attached hydrogen (secondary N) is 1. The maximum absolute atomic E-state index is 3.63. The van der Waals surface area contributed by atoms with E-state index in [1.165, 1.54) is 25.7 Å². The molecule has 10 heavy (non-hydrogen) atoms. The Morgan fingerprint density at radius 1 is 1.40 bits per heavy atom. The van der Waals surface area contributed by atoms with Gasteiger partial charge in [-0.2, -0.15) is 0 Å². The molecule has 0 spiro atoms. The Hall–Kier alpha value is 1.06. The minimum atomic E-state index is 0. The van der Waals surface area contributed by atoms with Gasteiger partial charge in [-0.15, -0.1) is 0 Å². The van der Waals surface area contributed by atoms with Crippen LogP contribution in [-0.2, 0) is 32.7 Å². The van der Waals surface area contributed by atoms with E-state index in [4.69, 9.17) is 0 Å². The van der Waals surface area contributed by atoms with Crippen LogP contribution in [0, 0.1) is 5.92 Å². The van der Waals surface area contributed by atoms with Crippen molar-refractivity contribution in [2.45, 2.75) is 44.7 Å². The second kappa shape index (κ2) is 3.64. The molecule has 0 aromatic rings. The largest absolute Gasteiger partial charge is 0.311 e. The van der Waals surface area contributed by atoms with Gasteiger partial charge in [-0.3, -0.25) is 0 Å². The van der Waals surface area contributed by atoms with Crippen LogP contribution in [0.25, 0.3) is 0 Å². The molecule has 2 heteroatoms. The third-order valence-corrected chi connectivity index (χ3v) is 2.60. The van der Waals surface area contributed by atoms with Crippen molar-refractivity contribution in [2.75, 3.05) is 0 Å². The molecule has 55 valence electrons. The monoisotopic (exact) mass is 214 g/mol. The normalized spacial score (nSPS) is 42.3. The van der Waals surface area contributed by atoms with E-state index in [-0.39, 0.29) is 32.7 Å². The number of piperidine rings is 1. The fourth-order valence-electron chi connectivity index (χ4n) is 2.00. The molecule has 2 fully saturated rings. The molecule has 2 aliphatic rings. The van der Waals surface area contributed by atoms with Crippen molar-refractivity contribution in [3.05, 3.63) is 0 Å². The third kappa shape index (κ3) is 1.81. The van der Waals surface area contributed by atoms with Gasteiger partial charge < -0.3 is 5.32 Å². The summed E-state index contributed by atoms with van der Waals surface area (Å²) in [6.07, 6.45) is 5.68. The first-order chi connectivity index (χ1) is 4.40. The summed E-state index contributed by atoms with van der Waals surface area (Å²) in [7, 11) is 0. The van der Waals surface area contributed by atoms with Crippen LogP contribution in [-0.4, -0.2) is 12.1 Å². The molecule has 2 rings (SSSR count). The zero-order chi connectivity index (χ0) is 6.27. The zero-order valence-corrected chi connectivity index (χ0v) is 9.48. The van der Waals surface area contributed by atoms with Crippen molar-refractivity contribution in [1.29, 1.82) is 0 Å². The fourth-order valence-corrected chi connectivity index (χ4v) is 2.00. The Kier molecular flexibility index (Phi) is 3.34. The molecular formula is C8H15NY. The Morgan fingerprint density at radius 2 is 2.20 bits per heavy atom. The number of hydrogen-bond donors (Lipinski definition) is 1. The van der Waals surface area contributed by atoms with Crippen LogP contribution >= 0.6 is 0 Å². The molecule has 0 aromatic heterocycles. The van der Waals surface area contributed by atoms with Crippen LogP contribution in [0.4, 0.5) is 0 Å². The fraction of sp³-hybridized carbons (Fsp3) is 1.00. The number of fused-ring (bicyclic) bond motifs is 1. The summed E-state index contributed by atoms with van der Waals surface area (Å²) in [4.78, 5) is 0. The summed E-state index contributed by atoms with van der Waals surface area (Å²) in [5, 5.41) is 3.63. The van der Waals surface area contributed by atoms with E-state index in [1.54, 1.807) is 0 Å². The maximum atomic E-state index is 3.63. The van der Waals surface area contributed by atoms with Crippen LogP contribution in [0.2, 0.25) is 0 Å². The van der Waals surface area contributed by atoms with Gasteiger partial charge in [0.05, 0.1) is 0 Å². The topological polar surface area (TPSA) is 12.0 Å². The van der Waals surface area contributed by atoms with E-state index in [0.717, 1.165) is 18.0 Å². The first-order valence-electron chi connectivity index (χ1n) is 4.16. The van der Waals surface area contributed by atoms with Gasteiger partial charge >= 0.3 is 0 Å². The average molecular weight is 214 g/mol. The van der Waals surface area contributed by atoms with Crippen LogP contribution in [0.3, 0.4) is 0 Å². The summed E-state index contributed by atoms with van der Waals surface area (Å²) < 4.78 is 0. The van der Waals surface area contributed by atoms with Crippen LogP contribution in [0.1, 0.15) is 32.6 Å². The maximum Gasteiger partial charge on any atom is 0.0102 e. The quantitative estimate of drug-likeness (QED) is 0.735. The van der Waals surface area contributed by atoms with Crippen molar-refractivity contribution in [3.63, 3.8) is 0 Å². The van der Waals surface area contributed by atoms with Gasteiger partial charge in [-0.1, -0.05) is 13.3 Å². The summed E-state index contributed by atoms with van der Waals surface area (Å²) in [5.41, 5.74) is 0. The van der Waals surface area contributed by atoms with Gasteiger partial charge in [-0.25, -0.2) is 0 Å². The van der Waals surface area contributed by atoms with Crippen molar-refractivity contribution < 1.29 is 32.7 Å². The molecule has 1 nitrogen and oxygen atoms in total. The third-order valence-electron chi connectivity index (χ3n) is 2.60. The molecule has 1 radical (unpaired) electrons. The van der Waals surface area contributed by atoms with Gasteiger partial charge in [0.1, 0.15) is 0 Å². The molecule has 1 saturated heterocycles. The van der Waals surface area contributed by atoms with Crippen molar-refractivity contribution in [3.8, 4) is 0 Å². The van der Waals surface area contributed by atoms with Gasteiger partial charge in [0.2, 0.25) is 0 Å². The number of rotatable bonds is 2. The predicted octanol–water partition coefficient (Wildman–Crippen LogP) is 1.53. The number of hydrogen-bond acceptors (Lipinski definition) is 1. The molecule has 1 aliphatic heterocycles. The average Bonchev–Trinajstić information content (AvgIpc) is 2.42. The Labute approximate surface area is 88.2 Å². The summed E-state index contributed by atoms with van der Waals surface area (Å²) >= 11 is 0. The molecule has 0 bridgehead atoms. The summed E-state index contributed by atoms with van der Waals surface area (Å²) in [5.74, 6) is 1.08. The molecular weight excluding hydrogens is 199 g/mol. The SMILES string of the molecule is CCCC1CC2CC2N1.[Y]. The minimum absolute atomic E-state index is 0.